The first kappa shape index (κ1) is 21.3. The maximum atomic E-state index is 13.1. The summed E-state index contributed by atoms with van der Waals surface area (Å²) >= 11 is 0. The number of hydrogen-bond donors (Lipinski definition) is 1. The van der Waals surface area contributed by atoms with E-state index in [1.807, 2.05) is 12.1 Å². The molecular formula is C26H33N3O3. The molecule has 0 aliphatic carbocycles. The first-order valence-corrected chi connectivity index (χ1v) is 11.9. The Morgan fingerprint density at radius 2 is 1.81 bits per heavy atom. The molecule has 3 aliphatic heterocycles. The van der Waals surface area contributed by atoms with Crippen molar-refractivity contribution in [1.29, 1.82) is 0 Å². The van der Waals surface area contributed by atoms with Crippen molar-refractivity contribution in [2.75, 3.05) is 56.2 Å². The highest BCUT2D eigenvalue weighted by Gasteiger charge is 2.30. The van der Waals surface area contributed by atoms with Crippen molar-refractivity contribution in [2.45, 2.75) is 38.3 Å². The van der Waals surface area contributed by atoms with Gasteiger partial charge in [-0.15, -0.1) is 0 Å². The summed E-state index contributed by atoms with van der Waals surface area (Å²) in [5, 5.41) is 10.3. The normalized spacial score (nSPS) is 20.8. The number of Topliss-reactive ketones (excluding diaryl/α,β-unsaturated/α-hetero) is 1. The Bertz CT molecular complexity index is 967. The maximum Gasteiger partial charge on any atom is 0.164 e. The molecule has 32 heavy (non-hydrogen) atoms. The van der Waals surface area contributed by atoms with Gasteiger partial charge in [0.2, 0.25) is 0 Å². The molecule has 1 fully saturated rings. The van der Waals surface area contributed by atoms with E-state index in [-0.39, 0.29) is 12.0 Å². The van der Waals surface area contributed by atoms with E-state index in [4.69, 9.17) is 4.74 Å². The lowest BCUT2D eigenvalue weighted by molar-refractivity contribution is 0.0962. The third-order valence-corrected chi connectivity index (χ3v) is 7.21. The van der Waals surface area contributed by atoms with Crippen LogP contribution in [0.15, 0.2) is 36.4 Å². The molecule has 0 radical (unpaired) electrons. The predicted octanol–water partition coefficient (Wildman–Crippen LogP) is 3.11. The lowest BCUT2D eigenvalue weighted by Crippen LogP contribution is -2.47. The van der Waals surface area contributed by atoms with Gasteiger partial charge in [-0.1, -0.05) is 12.1 Å². The Morgan fingerprint density at radius 1 is 1.06 bits per heavy atom. The van der Waals surface area contributed by atoms with Crippen molar-refractivity contribution in [3.8, 4) is 5.75 Å². The average molecular weight is 436 g/mol. The van der Waals surface area contributed by atoms with Crippen LogP contribution in [-0.2, 0) is 12.8 Å². The van der Waals surface area contributed by atoms with E-state index >= 15 is 0 Å². The first-order chi connectivity index (χ1) is 15.6. The highest BCUT2D eigenvalue weighted by molar-refractivity contribution is 5.97. The third-order valence-electron chi connectivity index (χ3n) is 7.21. The minimum absolute atomic E-state index is 0.236. The molecule has 0 aromatic heterocycles. The second-order valence-electron chi connectivity index (χ2n) is 9.13. The number of carbonyl (C=O) groups excluding carboxylic acids is 1. The molecule has 5 rings (SSSR count). The van der Waals surface area contributed by atoms with Crippen molar-refractivity contribution >= 4 is 17.2 Å². The topological polar surface area (TPSA) is 56.3 Å². The van der Waals surface area contributed by atoms with Crippen molar-refractivity contribution in [2.24, 2.45) is 0 Å². The van der Waals surface area contributed by atoms with Crippen molar-refractivity contribution < 1.29 is 14.6 Å². The molecule has 0 bridgehead atoms. The number of ketones is 1. The second kappa shape index (κ2) is 9.12. The van der Waals surface area contributed by atoms with E-state index in [9.17, 15) is 9.90 Å². The number of aliphatic hydroxyl groups excluding tert-OH is 1. The van der Waals surface area contributed by atoms with Crippen LogP contribution in [0, 0.1) is 0 Å². The van der Waals surface area contributed by atoms with Crippen LogP contribution < -0.4 is 14.5 Å². The Morgan fingerprint density at radius 3 is 2.59 bits per heavy atom. The molecule has 6 heteroatoms. The molecule has 1 N–H and O–H groups in total. The molecule has 1 unspecified atom stereocenters. The number of aryl methyl sites for hydroxylation is 2. The number of ether oxygens (including phenoxy) is 1. The van der Waals surface area contributed by atoms with Crippen LogP contribution in [0.25, 0.3) is 0 Å². The summed E-state index contributed by atoms with van der Waals surface area (Å²) in [6.45, 7) is 5.50. The van der Waals surface area contributed by atoms with Gasteiger partial charge in [-0.3, -0.25) is 9.69 Å². The summed E-state index contributed by atoms with van der Waals surface area (Å²) in [6.07, 6.45) is 3.82. The first-order valence-electron chi connectivity index (χ1n) is 11.9. The van der Waals surface area contributed by atoms with Crippen LogP contribution >= 0.6 is 0 Å². The van der Waals surface area contributed by atoms with Gasteiger partial charge >= 0.3 is 0 Å². The van der Waals surface area contributed by atoms with Crippen LogP contribution in [-0.4, -0.2) is 68.4 Å². The van der Waals surface area contributed by atoms with Gasteiger partial charge in [-0.25, -0.2) is 0 Å². The van der Waals surface area contributed by atoms with Crippen LogP contribution in [0.4, 0.5) is 11.4 Å². The van der Waals surface area contributed by atoms with Crippen LogP contribution in [0.5, 0.6) is 5.75 Å². The van der Waals surface area contributed by atoms with Crippen LogP contribution in [0.3, 0.4) is 0 Å². The number of nitrogens with zero attached hydrogens (tertiary/aromatic N) is 3. The van der Waals surface area contributed by atoms with Crippen LogP contribution in [0.2, 0.25) is 0 Å². The molecule has 0 saturated carbocycles. The number of aliphatic hydroxyl groups is 1. The fourth-order valence-corrected chi connectivity index (χ4v) is 5.47. The van der Waals surface area contributed by atoms with Gasteiger partial charge in [0.1, 0.15) is 12.0 Å². The fourth-order valence-electron chi connectivity index (χ4n) is 5.47. The van der Waals surface area contributed by atoms with E-state index < -0.39 is 0 Å². The van der Waals surface area contributed by atoms with E-state index in [1.165, 1.54) is 16.8 Å². The highest BCUT2D eigenvalue weighted by atomic mass is 16.5. The number of carbonyl (C=O) groups is 1. The third kappa shape index (κ3) is 4.09. The molecule has 2 aromatic carbocycles. The molecular weight excluding hydrogens is 402 g/mol. The lowest BCUT2D eigenvalue weighted by Gasteiger charge is -2.40. The summed E-state index contributed by atoms with van der Waals surface area (Å²) in [5.41, 5.74) is 5.67. The number of rotatable bonds is 6. The zero-order valence-electron chi connectivity index (χ0n) is 18.9. The Hall–Kier alpha value is -2.57. The van der Waals surface area contributed by atoms with Gasteiger partial charge in [-0.2, -0.15) is 0 Å². The predicted molar refractivity (Wildman–Crippen MR) is 127 cm³/mol. The van der Waals surface area contributed by atoms with Gasteiger partial charge in [0.15, 0.2) is 5.78 Å². The van der Waals surface area contributed by atoms with Crippen LogP contribution in [0.1, 0.15) is 40.7 Å². The Kier molecular flexibility index (Phi) is 6.07. The summed E-state index contributed by atoms with van der Waals surface area (Å²) < 4.78 is 5.51. The standard InChI is InChI=1S/C26H33N3O3/c1-32-24-7-3-2-6-22(24)28-15-13-27(14-16-28)12-10-23(30)21-17-19-5-4-11-29-25(31)9-8-20(18-21)26(19)29/h2-3,6-7,17-18,25,31H,4-5,8-16H2,1H3. The van der Waals surface area contributed by atoms with Gasteiger partial charge < -0.3 is 19.6 Å². The summed E-state index contributed by atoms with van der Waals surface area (Å²) in [6, 6.07) is 12.3. The highest BCUT2D eigenvalue weighted by Crippen LogP contribution is 2.38. The number of benzene rings is 2. The van der Waals surface area contributed by atoms with E-state index in [0.717, 1.165) is 82.0 Å². The number of hydrogen-bond acceptors (Lipinski definition) is 6. The number of methoxy groups -OCH3 is 1. The molecule has 1 saturated heterocycles. The van der Waals surface area contributed by atoms with Gasteiger partial charge in [-0.05, 0) is 61.1 Å². The minimum Gasteiger partial charge on any atom is -0.495 e. The fraction of sp³-hybridized carbons (Fsp3) is 0.500. The SMILES string of the molecule is COc1ccccc1N1CCN(CCC(=O)c2cc3c4c(c2)CCC(O)N4CCC3)CC1. The summed E-state index contributed by atoms with van der Waals surface area (Å²) in [7, 11) is 1.72. The molecule has 3 aliphatic rings. The van der Waals surface area contributed by atoms with Crippen molar-refractivity contribution in [1.82, 2.24) is 4.90 Å². The van der Waals surface area contributed by atoms with Gasteiger partial charge in [0, 0.05) is 56.9 Å². The number of piperazine rings is 1. The molecule has 6 nitrogen and oxygen atoms in total. The van der Waals surface area contributed by atoms with Crippen molar-refractivity contribution in [3.05, 3.63) is 53.1 Å². The van der Waals surface area contributed by atoms with Gasteiger partial charge in [0.25, 0.3) is 0 Å². The number of anilines is 2. The van der Waals surface area contributed by atoms with Gasteiger partial charge in [0.05, 0.1) is 12.8 Å². The average Bonchev–Trinajstić information content (AvgIpc) is 2.85. The molecule has 1 atom stereocenters. The lowest BCUT2D eigenvalue weighted by atomic mass is 9.88. The quantitative estimate of drug-likeness (QED) is 0.704. The summed E-state index contributed by atoms with van der Waals surface area (Å²) in [4.78, 5) is 19.9. The van der Waals surface area contributed by atoms with E-state index in [1.54, 1.807) is 7.11 Å². The van der Waals surface area contributed by atoms with Crippen molar-refractivity contribution in [3.63, 3.8) is 0 Å². The zero-order chi connectivity index (χ0) is 22.1. The van der Waals surface area contributed by atoms with E-state index in [0.29, 0.717) is 6.42 Å². The smallest absolute Gasteiger partial charge is 0.164 e. The van der Waals surface area contributed by atoms with E-state index in [2.05, 4.69) is 39.0 Å². The molecule has 2 aromatic rings. The molecule has 170 valence electrons. The number of para-hydroxylation sites is 2. The molecule has 0 spiro atoms. The monoisotopic (exact) mass is 435 g/mol. The Balaban J connectivity index is 1.19. The Labute approximate surface area is 190 Å². The maximum absolute atomic E-state index is 13.1. The summed E-state index contributed by atoms with van der Waals surface area (Å²) in [5.74, 6) is 1.15. The molecule has 0 amide bonds. The second-order valence-corrected chi connectivity index (χ2v) is 9.13. The minimum atomic E-state index is -0.377. The molecule has 3 heterocycles. The zero-order valence-corrected chi connectivity index (χ0v) is 18.9. The largest absolute Gasteiger partial charge is 0.495 e.